The van der Waals surface area contributed by atoms with E-state index in [1.807, 2.05) is 13.8 Å². The van der Waals surface area contributed by atoms with Crippen LogP contribution >= 0.6 is 11.8 Å². The Bertz CT molecular complexity index is 325. The molecule has 5 heteroatoms. The molecule has 2 fully saturated rings. The molecule has 2 rings (SSSR count). The highest BCUT2D eigenvalue weighted by atomic mass is 32.2. The minimum absolute atomic E-state index is 0.159. The predicted molar refractivity (Wildman–Crippen MR) is 75.9 cm³/mol. The minimum atomic E-state index is -1.34. The fourth-order valence-corrected chi connectivity index (χ4v) is 4.36. The summed E-state index contributed by atoms with van der Waals surface area (Å²) >= 11 is 1.72. The zero-order chi connectivity index (χ0) is 14.4. The first kappa shape index (κ1) is 15.6. The first-order valence-electron chi connectivity index (χ1n) is 7.20. The molecule has 3 N–H and O–H groups in total. The van der Waals surface area contributed by atoms with Crippen LogP contribution < -0.4 is 0 Å². The minimum Gasteiger partial charge on any atom is -0.390 e. The monoisotopic (exact) mass is 290 g/mol. The summed E-state index contributed by atoms with van der Waals surface area (Å²) in [5.74, 6) is -1.25. The van der Waals surface area contributed by atoms with Crippen molar-refractivity contribution in [3.05, 3.63) is 0 Å². The maximum atomic E-state index is 10.6. The Morgan fingerprint density at radius 3 is 2.37 bits per heavy atom. The molecule has 19 heavy (non-hydrogen) atoms. The van der Waals surface area contributed by atoms with Gasteiger partial charge in [0.2, 0.25) is 0 Å². The number of hydrogen-bond acceptors (Lipinski definition) is 5. The van der Waals surface area contributed by atoms with E-state index in [0.717, 1.165) is 6.42 Å². The van der Waals surface area contributed by atoms with Crippen LogP contribution in [0.15, 0.2) is 0 Å². The van der Waals surface area contributed by atoms with Gasteiger partial charge in [0.15, 0.2) is 5.79 Å². The molecule has 1 aliphatic heterocycles. The maximum Gasteiger partial charge on any atom is 0.179 e. The molecule has 4 nitrogen and oxygen atoms in total. The third kappa shape index (κ3) is 2.44. The van der Waals surface area contributed by atoms with Crippen molar-refractivity contribution in [1.29, 1.82) is 0 Å². The van der Waals surface area contributed by atoms with Crippen LogP contribution in [0.25, 0.3) is 0 Å². The second-order valence-electron chi connectivity index (χ2n) is 6.24. The first-order valence-corrected chi connectivity index (χ1v) is 8.25. The van der Waals surface area contributed by atoms with Crippen molar-refractivity contribution in [1.82, 2.24) is 0 Å². The van der Waals surface area contributed by atoms with Gasteiger partial charge in [-0.05, 0) is 12.3 Å². The molecule has 0 aromatic heterocycles. The Morgan fingerprint density at radius 2 is 1.84 bits per heavy atom. The van der Waals surface area contributed by atoms with Crippen LogP contribution in [0.4, 0.5) is 0 Å². The molecule has 112 valence electrons. The van der Waals surface area contributed by atoms with Crippen molar-refractivity contribution < 1.29 is 20.1 Å². The third-order valence-corrected chi connectivity index (χ3v) is 6.06. The van der Waals surface area contributed by atoms with E-state index < -0.39 is 23.9 Å². The van der Waals surface area contributed by atoms with E-state index in [1.54, 1.807) is 11.8 Å². The van der Waals surface area contributed by atoms with E-state index in [1.165, 1.54) is 0 Å². The first-order chi connectivity index (χ1) is 8.82. The molecule has 1 saturated heterocycles. The summed E-state index contributed by atoms with van der Waals surface area (Å²) in [6.45, 7) is 8.25. The van der Waals surface area contributed by atoms with Gasteiger partial charge in [0, 0.05) is 11.0 Å². The number of hydrogen-bond donors (Lipinski definition) is 3. The molecule has 1 aliphatic carbocycles. The standard InChI is InChI=1S/C14H26O4S/c1-5-8(4)19-6-9-11(15)12(16)10-13(7(2)3)18-14(9,10)17/h7-13,15-17H,5-6H2,1-4H3/t8?,9?,10?,11-,12?,13+,14?/m1/s1. The molecule has 0 aromatic rings. The zero-order valence-corrected chi connectivity index (χ0v) is 12.9. The molecular formula is C14H26O4S. The lowest BCUT2D eigenvalue weighted by atomic mass is 9.79. The van der Waals surface area contributed by atoms with Gasteiger partial charge in [0.25, 0.3) is 0 Å². The Hall–Kier alpha value is 0.190. The largest absolute Gasteiger partial charge is 0.390 e. The van der Waals surface area contributed by atoms with Crippen molar-refractivity contribution in [2.24, 2.45) is 17.8 Å². The van der Waals surface area contributed by atoms with Gasteiger partial charge >= 0.3 is 0 Å². The number of aliphatic hydroxyl groups is 3. The van der Waals surface area contributed by atoms with Crippen molar-refractivity contribution >= 4 is 11.8 Å². The number of thioether (sulfide) groups is 1. The summed E-state index contributed by atoms with van der Waals surface area (Å²) in [6.07, 6.45) is -0.884. The average molecular weight is 290 g/mol. The van der Waals surface area contributed by atoms with Crippen molar-refractivity contribution in [3.8, 4) is 0 Å². The lowest BCUT2D eigenvalue weighted by Crippen LogP contribution is -2.64. The van der Waals surface area contributed by atoms with Gasteiger partial charge in [0.1, 0.15) is 0 Å². The highest BCUT2D eigenvalue weighted by Crippen LogP contribution is 2.55. The Balaban J connectivity index is 2.06. The summed E-state index contributed by atoms with van der Waals surface area (Å²) in [5.41, 5.74) is 0. The van der Waals surface area contributed by atoms with Gasteiger partial charge in [-0.15, -0.1) is 0 Å². The topological polar surface area (TPSA) is 69.9 Å². The number of fused-ring (bicyclic) bond motifs is 1. The molecule has 0 bridgehead atoms. The summed E-state index contributed by atoms with van der Waals surface area (Å²) in [5, 5.41) is 31.4. The molecule has 2 aliphatic rings. The van der Waals surface area contributed by atoms with Gasteiger partial charge in [-0.1, -0.05) is 27.7 Å². The number of ether oxygens (including phenoxy) is 1. The molecule has 0 radical (unpaired) electrons. The van der Waals surface area contributed by atoms with Crippen LogP contribution in [0, 0.1) is 17.8 Å². The van der Waals surface area contributed by atoms with Gasteiger partial charge in [-0.2, -0.15) is 11.8 Å². The second-order valence-corrected chi connectivity index (χ2v) is 7.72. The van der Waals surface area contributed by atoms with Gasteiger partial charge < -0.3 is 20.1 Å². The van der Waals surface area contributed by atoms with E-state index in [2.05, 4.69) is 13.8 Å². The highest BCUT2D eigenvalue weighted by Gasteiger charge is 2.70. The quantitative estimate of drug-likeness (QED) is 0.710. The van der Waals surface area contributed by atoms with Crippen LogP contribution in [0.2, 0.25) is 0 Å². The van der Waals surface area contributed by atoms with Crippen molar-refractivity contribution in [2.75, 3.05) is 5.75 Å². The molecule has 7 atom stereocenters. The summed E-state index contributed by atoms with van der Waals surface area (Å²) in [7, 11) is 0. The highest BCUT2D eigenvalue weighted by molar-refractivity contribution is 7.99. The Morgan fingerprint density at radius 1 is 1.21 bits per heavy atom. The fourth-order valence-electron chi connectivity index (χ4n) is 3.16. The van der Waals surface area contributed by atoms with E-state index in [4.69, 9.17) is 4.74 Å². The molecule has 0 spiro atoms. The molecular weight excluding hydrogens is 264 g/mol. The van der Waals surface area contributed by atoms with Crippen LogP contribution in [0.3, 0.4) is 0 Å². The normalized spacial score (nSPS) is 47.1. The van der Waals surface area contributed by atoms with E-state index in [-0.39, 0.29) is 17.9 Å². The molecule has 0 aromatic carbocycles. The lowest BCUT2D eigenvalue weighted by molar-refractivity contribution is -0.384. The number of rotatable bonds is 5. The van der Waals surface area contributed by atoms with Crippen LogP contribution in [0.1, 0.15) is 34.1 Å². The predicted octanol–water partition coefficient (Wildman–Crippen LogP) is 1.23. The van der Waals surface area contributed by atoms with Crippen LogP contribution in [-0.2, 0) is 4.74 Å². The van der Waals surface area contributed by atoms with Gasteiger partial charge in [-0.3, -0.25) is 0 Å². The summed E-state index contributed by atoms with van der Waals surface area (Å²) in [4.78, 5) is 0. The Labute approximate surface area is 119 Å². The summed E-state index contributed by atoms with van der Waals surface area (Å²) < 4.78 is 5.65. The third-order valence-electron chi connectivity index (χ3n) is 4.61. The molecule has 0 amide bonds. The van der Waals surface area contributed by atoms with Crippen LogP contribution in [-0.4, -0.2) is 50.4 Å². The second kappa shape index (κ2) is 5.53. The van der Waals surface area contributed by atoms with Crippen molar-refractivity contribution in [3.63, 3.8) is 0 Å². The van der Waals surface area contributed by atoms with E-state index in [0.29, 0.717) is 11.0 Å². The zero-order valence-electron chi connectivity index (χ0n) is 12.1. The molecule has 5 unspecified atom stereocenters. The smallest absolute Gasteiger partial charge is 0.179 e. The van der Waals surface area contributed by atoms with Crippen molar-refractivity contribution in [2.45, 2.75) is 63.5 Å². The maximum absolute atomic E-state index is 10.6. The van der Waals surface area contributed by atoms with Crippen LogP contribution in [0.5, 0.6) is 0 Å². The van der Waals surface area contributed by atoms with Gasteiger partial charge in [0.05, 0.1) is 30.1 Å². The number of aliphatic hydroxyl groups excluding tert-OH is 2. The summed E-state index contributed by atoms with van der Waals surface area (Å²) in [6, 6.07) is 0. The lowest BCUT2D eigenvalue weighted by Gasteiger charge is -2.52. The fraction of sp³-hybridized carbons (Fsp3) is 1.00. The van der Waals surface area contributed by atoms with E-state index in [9.17, 15) is 15.3 Å². The molecule has 1 heterocycles. The Kier molecular flexibility index (Phi) is 4.53. The van der Waals surface area contributed by atoms with E-state index >= 15 is 0 Å². The average Bonchev–Trinajstić information content (AvgIpc) is 2.46. The molecule has 1 saturated carbocycles. The van der Waals surface area contributed by atoms with Gasteiger partial charge in [-0.25, -0.2) is 0 Å². The SMILES string of the molecule is CCC(C)SCC1[C@@H](O)C(O)C2[C@H](C(C)C)OC12O.